The molecule has 0 N–H and O–H groups in total. The highest BCUT2D eigenvalue weighted by Crippen LogP contribution is 2.23. The fourth-order valence-electron chi connectivity index (χ4n) is 2.68. The Balaban J connectivity index is 1.93. The second kappa shape index (κ2) is 5.08. The molecule has 1 atom stereocenters. The van der Waals surface area contributed by atoms with E-state index >= 15 is 0 Å². The zero-order valence-electron chi connectivity index (χ0n) is 9.37. The Bertz CT molecular complexity index is 260. The molecule has 2 saturated heterocycles. The Kier molecular flexibility index (Phi) is 3.74. The lowest BCUT2D eigenvalue weighted by Crippen LogP contribution is -2.44. The molecule has 0 aromatic rings. The number of hydrogen-bond donors (Lipinski definition) is 0. The van der Waals surface area contributed by atoms with Gasteiger partial charge in [-0.05, 0) is 19.3 Å². The Morgan fingerprint density at radius 1 is 1.25 bits per heavy atom. The van der Waals surface area contributed by atoms with Crippen molar-refractivity contribution in [3.05, 3.63) is 0 Å². The molecule has 2 heterocycles. The monoisotopic (exact) mass is 232 g/mol. The number of carbonyl (C=O) groups excluding carboxylic acids is 1. The highest BCUT2D eigenvalue weighted by Gasteiger charge is 2.31. The summed E-state index contributed by atoms with van der Waals surface area (Å²) in [6.45, 7) is 1.84. The second-order valence-corrected chi connectivity index (χ2v) is 4.61. The van der Waals surface area contributed by atoms with Crippen molar-refractivity contribution < 1.29 is 13.6 Å². The van der Waals surface area contributed by atoms with Gasteiger partial charge in [0.2, 0.25) is 5.91 Å². The van der Waals surface area contributed by atoms with Gasteiger partial charge in [0.05, 0.1) is 6.54 Å². The van der Waals surface area contributed by atoms with Gasteiger partial charge in [-0.15, -0.1) is 0 Å². The van der Waals surface area contributed by atoms with Gasteiger partial charge < -0.3 is 4.90 Å². The molecular formula is C11H18F2N2O. The van der Waals surface area contributed by atoms with Crippen LogP contribution in [-0.2, 0) is 4.79 Å². The topological polar surface area (TPSA) is 23.6 Å². The fraction of sp³-hybridized carbons (Fsp3) is 0.909. The molecular weight excluding hydrogens is 214 g/mol. The minimum absolute atomic E-state index is 0.140. The second-order valence-electron chi connectivity index (χ2n) is 4.61. The van der Waals surface area contributed by atoms with Gasteiger partial charge in [-0.25, -0.2) is 8.78 Å². The molecule has 1 amide bonds. The number of halogens is 2. The van der Waals surface area contributed by atoms with Crippen LogP contribution in [0.15, 0.2) is 0 Å². The van der Waals surface area contributed by atoms with Gasteiger partial charge in [0.15, 0.2) is 0 Å². The molecule has 2 aliphatic heterocycles. The third-order valence-electron chi connectivity index (χ3n) is 3.51. The summed E-state index contributed by atoms with van der Waals surface area (Å²) >= 11 is 0. The number of alkyl halides is 2. The summed E-state index contributed by atoms with van der Waals surface area (Å²) in [5.74, 6) is 0.140. The van der Waals surface area contributed by atoms with Crippen molar-refractivity contribution in [2.24, 2.45) is 0 Å². The van der Waals surface area contributed by atoms with Gasteiger partial charge in [0, 0.05) is 32.1 Å². The fourth-order valence-corrected chi connectivity index (χ4v) is 2.68. The van der Waals surface area contributed by atoms with Crippen molar-refractivity contribution in [2.75, 3.05) is 26.2 Å². The van der Waals surface area contributed by atoms with Crippen molar-refractivity contribution in [1.29, 1.82) is 0 Å². The van der Waals surface area contributed by atoms with Gasteiger partial charge in [-0.3, -0.25) is 9.69 Å². The van der Waals surface area contributed by atoms with E-state index in [-0.39, 0.29) is 12.5 Å². The van der Waals surface area contributed by atoms with E-state index in [2.05, 4.69) is 0 Å². The Hall–Kier alpha value is -0.710. The first-order valence-electron chi connectivity index (χ1n) is 5.97. The maximum absolute atomic E-state index is 12.3. The normalized spacial score (nSPS) is 28.1. The Morgan fingerprint density at radius 2 is 2.06 bits per heavy atom. The molecule has 3 nitrogen and oxygen atoms in total. The summed E-state index contributed by atoms with van der Waals surface area (Å²) in [4.78, 5) is 15.5. The SMILES string of the molecule is O=C1CCN(CC(F)F)CCC2CCCN12. The predicted octanol–water partition coefficient (Wildman–Crippen LogP) is 1.34. The highest BCUT2D eigenvalue weighted by atomic mass is 19.3. The molecule has 0 spiro atoms. The van der Waals surface area contributed by atoms with Crippen molar-refractivity contribution in [3.8, 4) is 0 Å². The van der Waals surface area contributed by atoms with Crippen LogP contribution in [0.2, 0.25) is 0 Å². The van der Waals surface area contributed by atoms with Crippen LogP contribution in [0.5, 0.6) is 0 Å². The van der Waals surface area contributed by atoms with Crippen LogP contribution in [-0.4, -0.2) is 54.4 Å². The smallest absolute Gasteiger partial charge is 0.251 e. The maximum Gasteiger partial charge on any atom is 0.251 e. The summed E-state index contributed by atoms with van der Waals surface area (Å²) < 4.78 is 24.6. The first-order chi connectivity index (χ1) is 7.66. The van der Waals surface area contributed by atoms with Gasteiger partial charge in [-0.2, -0.15) is 0 Å². The molecule has 5 heteroatoms. The average molecular weight is 232 g/mol. The highest BCUT2D eigenvalue weighted by molar-refractivity contribution is 5.77. The molecule has 0 aromatic heterocycles. The number of nitrogens with zero attached hydrogens (tertiary/aromatic N) is 2. The van der Waals surface area contributed by atoms with Crippen LogP contribution in [0, 0.1) is 0 Å². The van der Waals surface area contributed by atoms with Gasteiger partial charge >= 0.3 is 0 Å². The Morgan fingerprint density at radius 3 is 2.81 bits per heavy atom. The first kappa shape index (κ1) is 11.8. The molecule has 0 radical (unpaired) electrons. The number of hydrogen-bond acceptors (Lipinski definition) is 2. The van der Waals surface area contributed by atoms with Crippen LogP contribution in [0.25, 0.3) is 0 Å². The molecule has 2 aliphatic rings. The molecule has 92 valence electrons. The van der Waals surface area contributed by atoms with E-state index in [0.29, 0.717) is 25.6 Å². The third kappa shape index (κ3) is 2.70. The lowest BCUT2D eigenvalue weighted by atomic mass is 10.1. The van der Waals surface area contributed by atoms with E-state index in [4.69, 9.17) is 0 Å². The van der Waals surface area contributed by atoms with Crippen LogP contribution in [0.1, 0.15) is 25.7 Å². The number of amides is 1. The number of carbonyl (C=O) groups is 1. The van der Waals surface area contributed by atoms with Crippen molar-refractivity contribution >= 4 is 5.91 Å². The van der Waals surface area contributed by atoms with Crippen molar-refractivity contribution in [2.45, 2.75) is 38.2 Å². The first-order valence-corrected chi connectivity index (χ1v) is 5.97. The van der Waals surface area contributed by atoms with E-state index < -0.39 is 6.43 Å². The standard InChI is InChI=1S/C11H18F2N2O/c12-10(13)8-14-6-3-9-2-1-5-15(9)11(16)4-7-14/h9-10H,1-8H2. The van der Waals surface area contributed by atoms with Gasteiger partial charge in [-0.1, -0.05) is 0 Å². The lowest BCUT2D eigenvalue weighted by Gasteiger charge is -2.32. The third-order valence-corrected chi connectivity index (χ3v) is 3.51. The molecule has 0 aliphatic carbocycles. The van der Waals surface area contributed by atoms with Crippen LogP contribution < -0.4 is 0 Å². The predicted molar refractivity (Wildman–Crippen MR) is 56.4 cm³/mol. The quantitative estimate of drug-likeness (QED) is 0.717. The largest absolute Gasteiger partial charge is 0.340 e. The summed E-state index contributed by atoms with van der Waals surface area (Å²) in [5, 5.41) is 0. The molecule has 2 rings (SSSR count). The van der Waals surface area contributed by atoms with Crippen LogP contribution in [0.4, 0.5) is 8.78 Å². The molecule has 0 bridgehead atoms. The maximum atomic E-state index is 12.3. The Labute approximate surface area is 94.4 Å². The average Bonchev–Trinajstić information content (AvgIpc) is 2.66. The van der Waals surface area contributed by atoms with Crippen LogP contribution >= 0.6 is 0 Å². The number of rotatable bonds is 2. The summed E-state index contributed by atoms with van der Waals surface area (Å²) in [6, 6.07) is 0.299. The molecule has 1 unspecified atom stereocenters. The minimum atomic E-state index is -2.30. The molecule has 0 saturated carbocycles. The minimum Gasteiger partial charge on any atom is -0.340 e. The summed E-state index contributed by atoms with van der Waals surface area (Å²) in [7, 11) is 0. The van der Waals surface area contributed by atoms with Gasteiger partial charge in [0.25, 0.3) is 6.43 Å². The molecule has 2 fully saturated rings. The van der Waals surface area contributed by atoms with Gasteiger partial charge in [0.1, 0.15) is 0 Å². The molecule has 0 aromatic carbocycles. The summed E-state index contributed by atoms with van der Waals surface area (Å²) in [6.07, 6.45) is 1.04. The summed E-state index contributed by atoms with van der Waals surface area (Å²) in [5.41, 5.74) is 0. The van der Waals surface area contributed by atoms with Crippen LogP contribution in [0.3, 0.4) is 0 Å². The zero-order chi connectivity index (χ0) is 11.5. The lowest BCUT2D eigenvalue weighted by molar-refractivity contribution is -0.133. The van der Waals surface area contributed by atoms with E-state index in [1.807, 2.05) is 4.90 Å². The van der Waals surface area contributed by atoms with E-state index in [9.17, 15) is 13.6 Å². The number of fused-ring (bicyclic) bond motifs is 1. The van der Waals surface area contributed by atoms with E-state index in [1.54, 1.807) is 4.90 Å². The van der Waals surface area contributed by atoms with Crippen molar-refractivity contribution in [3.63, 3.8) is 0 Å². The van der Waals surface area contributed by atoms with Crippen molar-refractivity contribution in [1.82, 2.24) is 9.80 Å². The van der Waals surface area contributed by atoms with E-state index in [1.165, 1.54) is 0 Å². The van der Waals surface area contributed by atoms with E-state index in [0.717, 1.165) is 25.8 Å². The molecule has 16 heavy (non-hydrogen) atoms. The zero-order valence-corrected chi connectivity index (χ0v) is 9.37.